The minimum absolute atomic E-state index is 0.639. The summed E-state index contributed by atoms with van der Waals surface area (Å²) in [6.45, 7) is 7.40. The summed E-state index contributed by atoms with van der Waals surface area (Å²) in [5.74, 6) is 0.924. The molecule has 0 heterocycles. The maximum Gasteiger partial charge on any atom is 0.0414 e. The number of aryl methyl sites for hydroxylation is 1. The Hall–Kier alpha value is -1.02. The van der Waals surface area contributed by atoms with Gasteiger partial charge >= 0.3 is 0 Å². The summed E-state index contributed by atoms with van der Waals surface area (Å²) in [7, 11) is 0. The van der Waals surface area contributed by atoms with Gasteiger partial charge in [0, 0.05) is 25.3 Å². The standard InChI is InChI=1S/C15H24N2/c1-3-8-17(11-13-5-6-13)15-9-12(2)4-7-14(15)10-16/h4,7,9,13H,3,5-6,8,10-11,16H2,1-2H3. The van der Waals surface area contributed by atoms with E-state index in [1.54, 1.807) is 0 Å². The Kier molecular flexibility index (Phi) is 4.06. The first-order valence-corrected chi connectivity index (χ1v) is 6.79. The number of hydrogen-bond acceptors (Lipinski definition) is 2. The molecule has 0 saturated heterocycles. The lowest BCUT2D eigenvalue weighted by Gasteiger charge is -2.27. The molecule has 2 rings (SSSR count). The number of nitrogens with zero attached hydrogens (tertiary/aromatic N) is 1. The monoisotopic (exact) mass is 232 g/mol. The number of nitrogens with two attached hydrogens (primary N) is 1. The highest BCUT2D eigenvalue weighted by Crippen LogP contribution is 2.32. The van der Waals surface area contributed by atoms with Crippen LogP contribution in [0, 0.1) is 12.8 Å². The van der Waals surface area contributed by atoms with E-state index in [4.69, 9.17) is 5.73 Å². The molecule has 1 saturated carbocycles. The summed E-state index contributed by atoms with van der Waals surface area (Å²) in [6.07, 6.45) is 4.01. The van der Waals surface area contributed by atoms with Crippen LogP contribution in [-0.4, -0.2) is 13.1 Å². The smallest absolute Gasteiger partial charge is 0.0414 e. The molecule has 94 valence electrons. The van der Waals surface area contributed by atoms with Gasteiger partial charge in [0.15, 0.2) is 0 Å². The van der Waals surface area contributed by atoms with Crippen molar-refractivity contribution in [3.63, 3.8) is 0 Å². The predicted molar refractivity (Wildman–Crippen MR) is 74.3 cm³/mol. The molecule has 17 heavy (non-hydrogen) atoms. The molecule has 0 spiro atoms. The second-order valence-corrected chi connectivity index (χ2v) is 5.23. The third-order valence-corrected chi connectivity index (χ3v) is 3.47. The molecule has 2 heteroatoms. The molecule has 1 fully saturated rings. The SMILES string of the molecule is CCCN(CC1CC1)c1cc(C)ccc1CN. The third-order valence-electron chi connectivity index (χ3n) is 3.47. The fourth-order valence-electron chi connectivity index (χ4n) is 2.33. The van der Waals surface area contributed by atoms with E-state index in [0.29, 0.717) is 6.54 Å². The average molecular weight is 232 g/mol. The van der Waals surface area contributed by atoms with Gasteiger partial charge in [-0.25, -0.2) is 0 Å². The van der Waals surface area contributed by atoms with Crippen molar-refractivity contribution < 1.29 is 0 Å². The first-order chi connectivity index (χ1) is 8.24. The lowest BCUT2D eigenvalue weighted by Crippen LogP contribution is -2.28. The molecule has 0 atom stereocenters. The summed E-state index contributed by atoms with van der Waals surface area (Å²) in [6, 6.07) is 6.63. The molecule has 0 aromatic heterocycles. The number of benzene rings is 1. The summed E-state index contributed by atoms with van der Waals surface area (Å²) in [5, 5.41) is 0. The maximum absolute atomic E-state index is 5.85. The van der Waals surface area contributed by atoms with Gasteiger partial charge in [-0.15, -0.1) is 0 Å². The van der Waals surface area contributed by atoms with E-state index >= 15 is 0 Å². The topological polar surface area (TPSA) is 29.3 Å². The van der Waals surface area contributed by atoms with Crippen LogP contribution in [0.5, 0.6) is 0 Å². The Morgan fingerprint density at radius 3 is 2.71 bits per heavy atom. The number of rotatable bonds is 6. The van der Waals surface area contributed by atoms with Gasteiger partial charge in [0.1, 0.15) is 0 Å². The Morgan fingerprint density at radius 1 is 1.35 bits per heavy atom. The lowest BCUT2D eigenvalue weighted by molar-refractivity contribution is 0.704. The van der Waals surface area contributed by atoms with Crippen LogP contribution in [0.4, 0.5) is 5.69 Å². The first-order valence-electron chi connectivity index (χ1n) is 6.79. The summed E-state index contributed by atoms with van der Waals surface area (Å²) < 4.78 is 0. The van der Waals surface area contributed by atoms with Crippen molar-refractivity contribution in [1.29, 1.82) is 0 Å². The zero-order chi connectivity index (χ0) is 12.3. The van der Waals surface area contributed by atoms with Gasteiger partial charge in [0.25, 0.3) is 0 Å². The average Bonchev–Trinajstić information content (AvgIpc) is 3.12. The molecule has 0 radical (unpaired) electrons. The van der Waals surface area contributed by atoms with Crippen LogP contribution in [0.3, 0.4) is 0 Å². The van der Waals surface area contributed by atoms with E-state index in [1.165, 1.54) is 42.6 Å². The second kappa shape index (κ2) is 5.54. The maximum atomic E-state index is 5.85. The molecular formula is C15H24N2. The van der Waals surface area contributed by atoms with Crippen LogP contribution in [0.25, 0.3) is 0 Å². The van der Waals surface area contributed by atoms with E-state index in [1.807, 2.05) is 0 Å². The summed E-state index contributed by atoms with van der Waals surface area (Å²) in [4.78, 5) is 2.53. The molecule has 0 amide bonds. The molecular weight excluding hydrogens is 208 g/mol. The summed E-state index contributed by atoms with van der Waals surface area (Å²) >= 11 is 0. The molecule has 1 aromatic carbocycles. The van der Waals surface area contributed by atoms with Gasteiger partial charge in [-0.1, -0.05) is 19.1 Å². The van der Waals surface area contributed by atoms with Gasteiger partial charge in [0.2, 0.25) is 0 Å². The van der Waals surface area contributed by atoms with E-state index in [-0.39, 0.29) is 0 Å². The normalized spacial score (nSPS) is 15.0. The Labute approximate surface area is 105 Å². The Balaban J connectivity index is 2.22. The first kappa shape index (κ1) is 12.4. The van der Waals surface area contributed by atoms with Crippen LogP contribution in [0.2, 0.25) is 0 Å². The highest BCUT2D eigenvalue weighted by atomic mass is 15.1. The van der Waals surface area contributed by atoms with E-state index in [2.05, 4.69) is 36.9 Å². The lowest BCUT2D eigenvalue weighted by atomic mass is 10.1. The number of hydrogen-bond donors (Lipinski definition) is 1. The van der Waals surface area contributed by atoms with Crippen molar-refractivity contribution in [2.75, 3.05) is 18.0 Å². The van der Waals surface area contributed by atoms with Gasteiger partial charge in [-0.3, -0.25) is 0 Å². The van der Waals surface area contributed by atoms with Gasteiger partial charge in [-0.05, 0) is 49.3 Å². The highest BCUT2D eigenvalue weighted by molar-refractivity contribution is 5.55. The quantitative estimate of drug-likeness (QED) is 0.816. The molecule has 2 nitrogen and oxygen atoms in total. The summed E-state index contributed by atoms with van der Waals surface area (Å²) in [5.41, 5.74) is 9.83. The van der Waals surface area contributed by atoms with Gasteiger partial charge in [0.05, 0.1) is 0 Å². The van der Waals surface area contributed by atoms with Gasteiger partial charge in [-0.2, -0.15) is 0 Å². The molecule has 0 aliphatic heterocycles. The van der Waals surface area contributed by atoms with Crippen LogP contribution in [0.1, 0.15) is 37.3 Å². The molecule has 1 aliphatic carbocycles. The molecule has 1 aromatic rings. The van der Waals surface area contributed by atoms with Crippen molar-refractivity contribution in [3.05, 3.63) is 29.3 Å². The molecule has 1 aliphatic rings. The van der Waals surface area contributed by atoms with E-state index < -0.39 is 0 Å². The highest BCUT2D eigenvalue weighted by Gasteiger charge is 2.24. The fraction of sp³-hybridized carbons (Fsp3) is 0.600. The predicted octanol–water partition coefficient (Wildman–Crippen LogP) is 3.08. The van der Waals surface area contributed by atoms with Crippen molar-refractivity contribution in [2.45, 2.75) is 39.7 Å². The van der Waals surface area contributed by atoms with Crippen molar-refractivity contribution in [3.8, 4) is 0 Å². The fourth-order valence-corrected chi connectivity index (χ4v) is 2.33. The van der Waals surface area contributed by atoms with E-state index in [0.717, 1.165) is 12.5 Å². The minimum atomic E-state index is 0.639. The third kappa shape index (κ3) is 3.22. The zero-order valence-corrected chi connectivity index (χ0v) is 11.1. The van der Waals surface area contributed by atoms with Crippen LogP contribution >= 0.6 is 0 Å². The zero-order valence-electron chi connectivity index (χ0n) is 11.1. The van der Waals surface area contributed by atoms with Gasteiger partial charge < -0.3 is 10.6 Å². The van der Waals surface area contributed by atoms with E-state index in [9.17, 15) is 0 Å². The van der Waals surface area contributed by atoms with Crippen molar-refractivity contribution in [1.82, 2.24) is 0 Å². The molecule has 2 N–H and O–H groups in total. The molecule has 0 unspecified atom stereocenters. The molecule has 0 bridgehead atoms. The van der Waals surface area contributed by atoms with Crippen LogP contribution < -0.4 is 10.6 Å². The Morgan fingerprint density at radius 2 is 2.12 bits per heavy atom. The van der Waals surface area contributed by atoms with Crippen molar-refractivity contribution in [2.24, 2.45) is 11.7 Å². The van der Waals surface area contributed by atoms with Crippen molar-refractivity contribution >= 4 is 5.69 Å². The van der Waals surface area contributed by atoms with Crippen LogP contribution in [0.15, 0.2) is 18.2 Å². The largest absolute Gasteiger partial charge is 0.371 e. The Bertz CT molecular complexity index is 369. The minimum Gasteiger partial charge on any atom is -0.371 e. The second-order valence-electron chi connectivity index (χ2n) is 5.23. The number of anilines is 1. The van der Waals surface area contributed by atoms with Crippen LogP contribution in [-0.2, 0) is 6.54 Å².